The molecule has 1 aliphatic rings. The van der Waals surface area contributed by atoms with E-state index >= 15 is 0 Å². The summed E-state index contributed by atoms with van der Waals surface area (Å²) in [6.07, 6.45) is 0. The Morgan fingerprint density at radius 1 is 0.821 bits per heavy atom. The minimum Gasteiger partial charge on any atom is -0.497 e. The fourth-order valence-electron chi connectivity index (χ4n) is 3.70. The lowest BCUT2D eigenvalue weighted by Gasteiger charge is -2.17. The molecule has 0 atom stereocenters. The van der Waals surface area contributed by atoms with Crippen molar-refractivity contribution in [2.75, 3.05) is 7.11 Å². The number of hydrogen-bond donors (Lipinski definition) is 1. The zero-order valence-corrected chi connectivity index (χ0v) is 14.9. The maximum absolute atomic E-state index is 13.1. The maximum Gasteiger partial charge on any atom is 0.279 e. The minimum atomic E-state index is -0.301. The third-order valence-electron chi connectivity index (χ3n) is 5.06. The Balaban J connectivity index is 1.80. The maximum atomic E-state index is 13.1. The van der Waals surface area contributed by atoms with Crippen molar-refractivity contribution in [1.82, 2.24) is 9.78 Å². The Morgan fingerprint density at radius 2 is 1.57 bits per heavy atom. The van der Waals surface area contributed by atoms with Gasteiger partial charge in [-0.25, -0.2) is 4.68 Å². The summed E-state index contributed by atoms with van der Waals surface area (Å²) >= 11 is 0. The van der Waals surface area contributed by atoms with Crippen LogP contribution in [-0.2, 0) is 0 Å². The first-order valence-corrected chi connectivity index (χ1v) is 8.70. The third kappa shape index (κ3) is 2.11. The SMILES string of the molecule is COc1cccc(-n2[nH]c3c4c(ccc3c2=O)C(=O)c2ccccc2C4=O)c1. The standard InChI is InChI=1S/C22H14N2O4/c1-28-13-6-4-5-12(11-13)24-22(27)17-10-9-16-18(19(17)23-24)21(26)15-8-3-2-7-14(15)20(16)25/h2-11,23H,1H3. The van der Waals surface area contributed by atoms with Gasteiger partial charge in [-0.05, 0) is 24.3 Å². The highest BCUT2D eigenvalue weighted by Crippen LogP contribution is 2.31. The van der Waals surface area contributed by atoms with E-state index < -0.39 is 0 Å². The first-order chi connectivity index (χ1) is 13.6. The first-order valence-electron chi connectivity index (χ1n) is 8.70. The number of aromatic nitrogens is 2. The Kier molecular flexibility index (Phi) is 3.36. The van der Waals surface area contributed by atoms with E-state index in [0.717, 1.165) is 0 Å². The van der Waals surface area contributed by atoms with Crippen LogP contribution in [0, 0.1) is 0 Å². The molecule has 4 aromatic rings. The lowest BCUT2D eigenvalue weighted by atomic mass is 9.83. The quantitative estimate of drug-likeness (QED) is 0.518. The number of carbonyl (C=O) groups excluding carboxylic acids is 2. The molecule has 0 aliphatic heterocycles. The number of H-pyrrole nitrogens is 1. The van der Waals surface area contributed by atoms with Gasteiger partial charge in [0.25, 0.3) is 5.56 Å². The number of carbonyl (C=O) groups is 2. The largest absolute Gasteiger partial charge is 0.497 e. The number of ketones is 2. The molecule has 136 valence electrons. The van der Waals surface area contributed by atoms with Crippen molar-refractivity contribution in [3.63, 3.8) is 0 Å². The molecule has 0 spiro atoms. The number of benzene rings is 3. The number of nitrogens with zero attached hydrogens (tertiary/aromatic N) is 1. The van der Waals surface area contributed by atoms with Crippen molar-refractivity contribution >= 4 is 22.5 Å². The Morgan fingerprint density at radius 3 is 2.32 bits per heavy atom. The third-order valence-corrected chi connectivity index (χ3v) is 5.06. The van der Waals surface area contributed by atoms with E-state index in [1.165, 1.54) is 4.68 Å². The van der Waals surface area contributed by atoms with Crippen LogP contribution in [0.4, 0.5) is 0 Å². The molecule has 0 fully saturated rings. The summed E-state index contributed by atoms with van der Waals surface area (Å²) in [4.78, 5) is 38.9. The molecule has 3 aromatic carbocycles. The summed E-state index contributed by atoms with van der Waals surface area (Å²) in [6, 6.07) is 16.9. The van der Waals surface area contributed by atoms with Gasteiger partial charge in [-0.15, -0.1) is 0 Å². The Hall–Kier alpha value is -3.93. The highest BCUT2D eigenvalue weighted by Gasteiger charge is 2.32. The molecule has 1 N–H and O–H groups in total. The topological polar surface area (TPSA) is 81.2 Å². The van der Waals surface area contributed by atoms with Crippen LogP contribution in [0.1, 0.15) is 31.8 Å². The molecular formula is C22H14N2O4. The number of ether oxygens (including phenoxy) is 1. The molecule has 0 amide bonds. The van der Waals surface area contributed by atoms with E-state index in [0.29, 0.717) is 39.0 Å². The van der Waals surface area contributed by atoms with Crippen LogP contribution in [-0.4, -0.2) is 28.5 Å². The van der Waals surface area contributed by atoms with E-state index in [1.807, 2.05) is 0 Å². The van der Waals surface area contributed by atoms with Crippen molar-refractivity contribution in [3.05, 3.63) is 93.3 Å². The van der Waals surface area contributed by atoms with Gasteiger partial charge in [0.15, 0.2) is 11.6 Å². The first kappa shape index (κ1) is 16.3. The Labute approximate surface area is 159 Å². The molecule has 5 rings (SSSR count). The number of rotatable bonds is 2. The molecule has 1 aliphatic carbocycles. The van der Waals surface area contributed by atoms with Gasteiger partial charge in [0, 0.05) is 22.8 Å². The summed E-state index contributed by atoms with van der Waals surface area (Å²) in [5.41, 5.74) is 1.90. The van der Waals surface area contributed by atoms with Crippen LogP contribution < -0.4 is 10.3 Å². The highest BCUT2D eigenvalue weighted by molar-refractivity contribution is 6.31. The number of nitrogens with one attached hydrogen (secondary N) is 1. The second kappa shape index (κ2) is 5.79. The second-order valence-electron chi connectivity index (χ2n) is 6.57. The molecule has 6 heteroatoms. The molecule has 0 saturated carbocycles. The van der Waals surface area contributed by atoms with Crippen LogP contribution >= 0.6 is 0 Å². The average Bonchev–Trinajstić information content (AvgIpc) is 3.08. The van der Waals surface area contributed by atoms with Gasteiger partial charge in [-0.2, -0.15) is 0 Å². The molecule has 0 unspecified atom stereocenters. The van der Waals surface area contributed by atoms with Crippen molar-refractivity contribution in [1.29, 1.82) is 0 Å². The van der Waals surface area contributed by atoms with E-state index in [4.69, 9.17) is 4.74 Å². The summed E-state index contributed by atoms with van der Waals surface area (Å²) in [7, 11) is 1.55. The molecule has 0 bridgehead atoms. The molecule has 1 heterocycles. The smallest absolute Gasteiger partial charge is 0.279 e. The van der Waals surface area contributed by atoms with E-state index in [9.17, 15) is 14.4 Å². The van der Waals surface area contributed by atoms with Gasteiger partial charge in [0.2, 0.25) is 0 Å². The summed E-state index contributed by atoms with van der Waals surface area (Å²) in [5.74, 6) is 0.113. The fourth-order valence-corrected chi connectivity index (χ4v) is 3.70. The van der Waals surface area contributed by atoms with E-state index in [1.54, 1.807) is 67.8 Å². The van der Waals surface area contributed by atoms with Gasteiger partial charge < -0.3 is 4.74 Å². The van der Waals surface area contributed by atoms with Gasteiger partial charge in [0.1, 0.15) is 5.75 Å². The van der Waals surface area contributed by atoms with Crippen molar-refractivity contribution in [2.45, 2.75) is 0 Å². The number of hydrogen-bond acceptors (Lipinski definition) is 4. The van der Waals surface area contributed by atoms with Crippen molar-refractivity contribution < 1.29 is 14.3 Å². The summed E-state index contributed by atoms with van der Waals surface area (Å²) in [5, 5.41) is 3.37. The molecule has 6 nitrogen and oxygen atoms in total. The summed E-state index contributed by atoms with van der Waals surface area (Å²) < 4.78 is 6.58. The zero-order valence-electron chi connectivity index (χ0n) is 14.9. The predicted octanol–water partition coefficient (Wildman–Crippen LogP) is 3.10. The van der Waals surface area contributed by atoms with Crippen molar-refractivity contribution in [2.24, 2.45) is 0 Å². The molecule has 28 heavy (non-hydrogen) atoms. The zero-order chi connectivity index (χ0) is 19.4. The monoisotopic (exact) mass is 370 g/mol. The number of fused-ring (bicyclic) bond motifs is 4. The fraction of sp³-hybridized carbons (Fsp3) is 0.0455. The summed E-state index contributed by atoms with van der Waals surface area (Å²) in [6.45, 7) is 0. The number of methoxy groups -OCH3 is 1. The van der Waals surface area contributed by atoms with Gasteiger partial charge >= 0.3 is 0 Å². The number of aromatic amines is 1. The Bertz CT molecular complexity index is 1360. The normalized spacial score (nSPS) is 12.8. The van der Waals surface area contributed by atoms with Crippen molar-refractivity contribution in [3.8, 4) is 11.4 Å². The average molecular weight is 370 g/mol. The minimum absolute atomic E-state index is 0.220. The van der Waals surface area contributed by atoms with Gasteiger partial charge in [0.05, 0.1) is 29.3 Å². The lowest BCUT2D eigenvalue weighted by Crippen LogP contribution is -2.21. The molecule has 1 aromatic heterocycles. The van der Waals surface area contributed by atoms with Crippen LogP contribution in [0.3, 0.4) is 0 Å². The van der Waals surface area contributed by atoms with Crippen LogP contribution in [0.15, 0.2) is 65.5 Å². The predicted molar refractivity (Wildman–Crippen MR) is 104 cm³/mol. The molecule has 0 radical (unpaired) electrons. The molecular weight excluding hydrogens is 356 g/mol. The van der Waals surface area contributed by atoms with Gasteiger partial charge in [-0.3, -0.25) is 19.5 Å². The van der Waals surface area contributed by atoms with Crippen LogP contribution in [0.5, 0.6) is 5.75 Å². The van der Waals surface area contributed by atoms with Crippen LogP contribution in [0.25, 0.3) is 16.6 Å². The second-order valence-corrected chi connectivity index (χ2v) is 6.57. The van der Waals surface area contributed by atoms with Crippen LogP contribution in [0.2, 0.25) is 0 Å². The lowest BCUT2D eigenvalue weighted by molar-refractivity contribution is 0.0980. The van der Waals surface area contributed by atoms with E-state index in [-0.39, 0.29) is 22.7 Å². The van der Waals surface area contributed by atoms with Gasteiger partial charge in [-0.1, -0.05) is 30.3 Å². The highest BCUT2D eigenvalue weighted by atomic mass is 16.5. The van der Waals surface area contributed by atoms with E-state index in [2.05, 4.69) is 5.10 Å². The molecule has 0 saturated heterocycles.